The second kappa shape index (κ2) is 5.28. The maximum atomic E-state index is 6.02. The van der Waals surface area contributed by atoms with Crippen LogP contribution < -0.4 is 5.73 Å². The van der Waals surface area contributed by atoms with Gasteiger partial charge in [0.15, 0.2) is 0 Å². The minimum Gasteiger partial charge on any atom is -0.383 e. The summed E-state index contributed by atoms with van der Waals surface area (Å²) in [6, 6.07) is 17.8. The van der Waals surface area contributed by atoms with Gasteiger partial charge in [-0.05, 0) is 12.1 Å². The van der Waals surface area contributed by atoms with E-state index in [9.17, 15) is 0 Å². The van der Waals surface area contributed by atoms with Crippen LogP contribution in [-0.2, 0) is 0 Å². The fraction of sp³-hybridized carbons (Fsp3) is 0.0667. The maximum absolute atomic E-state index is 6.02. The number of hydrogen-bond acceptors (Lipinski definition) is 3. The monoisotopic (exact) mass is 267 g/mol. The number of nitrogens with two attached hydrogens (primary N) is 1. The normalized spacial score (nSPS) is 18.1. The molecule has 2 aromatic carbocycles. The Morgan fingerprint density at radius 1 is 1.05 bits per heavy atom. The Kier molecular flexibility index (Phi) is 3.33. The van der Waals surface area contributed by atoms with E-state index in [1.165, 1.54) is 0 Å². The summed E-state index contributed by atoms with van der Waals surface area (Å²) in [5.41, 5.74) is 7.96. The second-order valence-corrected chi connectivity index (χ2v) is 5.29. The Balaban J connectivity index is 1.83. The molecule has 19 heavy (non-hydrogen) atoms. The van der Waals surface area contributed by atoms with E-state index in [0.717, 1.165) is 16.1 Å². The van der Waals surface area contributed by atoms with E-state index in [-0.39, 0.29) is 5.37 Å². The molecule has 0 aromatic heterocycles. The molecule has 3 rings (SSSR count). The molecule has 3 nitrogen and oxygen atoms in total. The van der Waals surface area contributed by atoms with Gasteiger partial charge < -0.3 is 5.73 Å². The van der Waals surface area contributed by atoms with Gasteiger partial charge in [0.1, 0.15) is 11.2 Å². The molecular formula is C15H13N3S. The van der Waals surface area contributed by atoms with Gasteiger partial charge in [-0.1, -0.05) is 54.2 Å². The van der Waals surface area contributed by atoms with E-state index in [0.29, 0.717) is 5.84 Å². The molecule has 2 aromatic rings. The molecule has 2 N–H and O–H groups in total. The van der Waals surface area contributed by atoms with Crippen LogP contribution in [0.3, 0.4) is 0 Å². The molecule has 0 fully saturated rings. The van der Waals surface area contributed by atoms with Crippen LogP contribution in [0.5, 0.6) is 0 Å². The van der Waals surface area contributed by atoms with Gasteiger partial charge >= 0.3 is 0 Å². The first-order valence-electron chi connectivity index (χ1n) is 6.01. The lowest BCUT2D eigenvalue weighted by Crippen LogP contribution is -2.17. The molecule has 0 spiro atoms. The zero-order valence-electron chi connectivity index (χ0n) is 10.2. The molecule has 1 unspecified atom stereocenters. The zero-order chi connectivity index (χ0) is 13.1. The van der Waals surface area contributed by atoms with Crippen molar-refractivity contribution in [2.45, 2.75) is 10.3 Å². The lowest BCUT2D eigenvalue weighted by molar-refractivity contribution is 1.18. The first-order valence-corrected chi connectivity index (χ1v) is 6.89. The van der Waals surface area contributed by atoms with Gasteiger partial charge in [0.2, 0.25) is 0 Å². The average Bonchev–Trinajstić information content (AvgIpc) is 2.48. The number of nitrogens with zero attached hydrogens (tertiary/aromatic N) is 2. The number of rotatable bonds is 2. The SMILES string of the molecule is NC(=NC1C=Nc2ccccc2S1)c1ccccc1. The van der Waals surface area contributed by atoms with Crippen molar-refractivity contribution in [3.05, 3.63) is 60.2 Å². The van der Waals surface area contributed by atoms with Crippen LogP contribution >= 0.6 is 11.8 Å². The molecule has 0 amide bonds. The summed E-state index contributed by atoms with van der Waals surface area (Å²) in [5.74, 6) is 0.545. The highest BCUT2D eigenvalue weighted by atomic mass is 32.2. The van der Waals surface area contributed by atoms with Gasteiger partial charge in [0.05, 0.1) is 5.69 Å². The summed E-state index contributed by atoms with van der Waals surface area (Å²) in [5, 5.41) is -0.0601. The Labute approximate surface area is 116 Å². The van der Waals surface area contributed by atoms with Crippen molar-refractivity contribution in [1.82, 2.24) is 0 Å². The standard InChI is InChI=1S/C15H13N3S/c16-15(11-6-2-1-3-7-11)18-14-10-17-12-8-4-5-9-13(12)19-14/h1-10,14H,(H2,16,18). The first-order chi connectivity index (χ1) is 9.33. The quantitative estimate of drug-likeness (QED) is 0.671. The molecule has 1 heterocycles. The number of para-hydroxylation sites is 1. The molecular weight excluding hydrogens is 254 g/mol. The molecule has 0 radical (unpaired) electrons. The number of thioether (sulfide) groups is 1. The van der Waals surface area contributed by atoms with Crippen LogP contribution in [0.25, 0.3) is 0 Å². The summed E-state index contributed by atoms with van der Waals surface area (Å²) in [6.07, 6.45) is 1.84. The minimum atomic E-state index is -0.0601. The Morgan fingerprint density at radius 2 is 1.79 bits per heavy atom. The number of benzene rings is 2. The second-order valence-electron chi connectivity index (χ2n) is 4.13. The topological polar surface area (TPSA) is 50.7 Å². The molecule has 0 saturated heterocycles. The lowest BCUT2D eigenvalue weighted by atomic mass is 10.2. The molecule has 1 atom stereocenters. The smallest absolute Gasteiger partial charge is 0.137 e. The zero-order valence-corrected chi connectivity index (χ0v) is 11.0. The predicted molar refractivity (Wildman–Crippen MR) is 81.4 cm³/mol. The van der Waals surface area contributed by atoms with E-state index >= 15 is 0 Å². The van der Waals surface area contributed by atoms with E-state index < -0.39 is 0 Å². The van der Waals surface area contributed by atoms with Crippen molar-refractivity contribution in [3.8, 4) is 0 Å². The van der Waals surface area contributed by atoms with Gasteiger partial charge in [-0.15, -0.1) is 0 Å². The average molecular weight is 267 g/mol. The lowest BCUT2D eigenvalue weighted by Gasteiger charge is -2.15. The van der Waals surface area contributed by atoms with Crippen molar-refractivity contribution in [2.24, 2.45) is 15.7 Å². The van der Waals surface area contributed by atoms with Gasteiger partial charge in [-0.25, -0.2) is 4.99 Å². The minimum absolute atomic E-state index is 0.0601. The largest absolute Gasteiger partial charge is 0.383 e. The number of aliphatic imine (C=N–C) groups is 2. The highest BCUT2D eigenvalue weighted by Crippen LogP contribution is 2.35. The molecule has 94 valence electrons. The van der Waals surface area contributed by atoms with Crippen LogP contribution in [0.1, 0.15) is 5.56 Å². The summed E-state index contributed by atoms with van der Waals surface area (Å²) in [4.78, 5) is 10.1. The molecule has 0 aliphatic carbocycles. The van der Waals surface area contributed by atoms with E-state index in [1.54, 1.807) is 11.8 Å². The Morgan fingerprint density at radius 3 is 2.63 bits per heavy atom. The van der Waals surface area contributed by atoms with Crippen LogP contribution in [-0.4, -0.2) is 17.4 Å². The first kappa shape index (κ1) is 12.0. The van der Waals surface area contributed by atoms with Gasteiger partial charge in [-0.3, -0.25) is 4.99 Å². The molecule has 1 aliphatic rings. The fourth-order valence-corrected chi connectivity index (χ4v) is 2.80. The van der Waals surface area contributed by atoms with E-state index in [2.05, 4.69) is 16.1 Å². The van der Waals surface area contributed by atoms with Gasteiger partial charge in [0.25, 0.3) is 0 Å². The van der Waals surface area contributed by atoms with Crippen molar-refractivity contribution < 1.29 is 0 Å². The molecule has 4 heteroatoms. The third-order valence-electron chi connectivity index (χ3n) is 2.79. The van der Waals surface area contributed by atoms with E-state index in [4.69, 9.17) is 5.73 Å². The summed E-state index contributed by atoms with van der Waals surface area (Å²) < 4.78 is 0. The van der Waals surface area contributed by atoms with Crippen molar-refractivity contribution in [3.63, 3.8) is 0 Å². The van der Waals surface area contributed by atoms with Gasteiger partial charge in [-0.2, -0.15) is 0 Å². The summed E-state index contributed by atoms with van der Waals surface area (Å²) in [7, 11) is 0. The Bertz CT molecular complexity index is 635. The van der Waals surface area contributed by atoms with Crippen LogP contribution in [0.2, 0.25) is 0 Å². The molecule has 0 saturated carbocycles. The molecule has 1 aliphatic heterocycles. The fourth-order valence-electron chi connectivity index (χ4n) is 1.85. The van der Waals surface area contributed by atoms with Crippen LogP contribution in [0, 0.1) is 0 Å². The third kappa shape index (κ3) is 2.69. The number of fused-ring (bicyclic) bond motifs is 1. The predicted octanol–water partition coefficient (Wildman–Crippen LogP) is 3.23. The van der Waals surface area contributed by atoms with Crippen molar-refractivity contribution in [1.29, 1.82) is 0 Å². The van der Waals surface area contributed by atoms with E-state index in [1.807, 2.05) is 54.7 Å². The Hall–Kier alpha value is -2.07. The van der Waals surface area contributed by atoms with Crippen LogP contribution in [0.15, 0.2) is 69.5 Å². The van der Waals surface area contributed by atoms with Crippen molar-refractivity contribution in [2.75, 3.05) is 0 Å². The highest BCUT2D eigenvalue weighted by Gasteiger charge is 2.14. The number of hydrogen-bond donors (Lipinski definition) is 1. The van der Waals surface area contributed by atoms with Crippen LogP contribution in [0.4, 0.5) is 5.69 Å². The molecule has 0 bridgehead atoms. The highest BCUT2D eigenvalue weighted by molar-refractivity contribution is 8.00. The van der Waals surface area contributed by atoms with Crippen molar-refractivity contribution >= 4 is 29.5 Å². The maximum Gasteiger partial charge on any atom is 0.137 e. The summed E-state index contributed by atoms with van der Waals surface area (Å²) in [6.45, 7) is 0. The van der Waals surface area contributed by atoms with Gasteiger partial charge in [0, 0.05) is 16.7 Å². The summed E-state index contributed by atoms with van der Waals surface area (Å²) >= 11 is 1.66. The number of amidine groups is 1. The third-order valence-corrected chi connectivity index (χ3v) is 3.86.